The number of aliphatic hydroxyl groups excluding tert-OH is 5. The fourth-order valence-corrected chi connectivity index (χ4v) is 4.91. The summed E-state index contributed by atoms with van der Waals surface area (Å²) >= 11 is 0. The number of aliphatic hydroxyl groups is 5. The first-order chi connectivity index (χ1) is 23.2. The van der Waals surface area contributed by atoms with Gasteiger partial charge in [-0.1, -0.05) is 83.1 Å². The van der Waals surface area contributed by atoms with E-state index in [0.717, 1.165) is 48.9 Å². The molecule has 0 spiro atoms. The molecule has 0 amide bonds. The Morgan fingerprint density at radius 2 is 1.43 bits per heavy atom. The van der Waals surface area contributed by atoms with Gasteiger partial charge in [-0.15, -0.1) is 0 Å². The highest BCUT2D eigenvalue weighted by Crippen LogP contribution is 2.23. The summed E-state index contributed by atoms with van der Waals surface area (Å²) in [6, 6.07) is 20.8. The first kappa shape index (κ1) is 41.4. The van der Waals surface area contributed by atoms with Gasteiger partial charge in [0.1, 0.15) is 24.1 Å². The van der Waals surface area contributed by atoms with Crippen LogP contribution in [0.25, 0.3) is 0 Å². The number of unbranched alkanes of at least 4 members (excludes halogenated alkanes) is 3. The monoisotopic (exact) mass is 680 g/mol. The molecule has 7 N–H and O–H groups in total. The van der Waals surface area contributed by atoms with Crippen molar-refractivity contribution in [2.75, 3.05) is 31.6 Å². The average Bonchev–Trinajstić information content (AvgIpc) is 3.08. The zero-order valence-corrected chi connectivity index (χ0v) is 29.2. The highest BCUT2D eigenvalue weighted by Gasteiger charge is 2.29. The molecule has 0 radical (unpaired) electrons. The van der Waals surface area contributed by atoms with Crippen LogP contribution in [0.3, 0.4) is 0 Å². The van der Waals surface area contributed by atoms with Crippen molar-refractivity contribution < 1.29 is 39.8 Å². The second-order valence-electron chi connectivity index (χ2n) is 13.1. The Balaban J connectivity index is 0.000000543. The van der Waals surface area contributed by atoms with E-state index in [4.69, 9.17) is 20.4 Å². The lowest BCUT2D eigenvalue weighted by Gasteiger charge is -2.25. The lowest BCUT2D eigenvalue weighted by atomic mass is 9.87. The molecule has 10 heteroatoms. The van der Waals surface area contributed by atoms with Gasteiger partial charge in [0.15, 0.2) is 0 Å². The van der Waals surface area contributed by atoms with Crippen LogP contribution in [0.4, 0.5) is 10.1 Å². The molecule has 268 valence electrons. The molecule has 0 saturated heterocycles. The van der Waals surface area contributed by atoms with Gasteiger partial charge in [0.25, 0.3) is 0 Å². The van der Waals surface area contributed by atoms with Crippen LogP contribution in [0.5, 0.6) is 0 Å². The summed E-state index contributed by atoms with van der Waals surface area (Å²) in [5.74, 6) is 4.50. The fraction of sp³-hybridized carbons (Fsp3) is 0.462. The Hall–Kier alpha value is -3.82. The van der Waals surface area contributed by atoms with Gasteiger partial charge >= 0.3 is 5.97 Å². The molecule has 0 unspecified atom stereocenters. The number of rotatable bonds is 15. The summed E-state index contributed by atoms with van der Waals surface area (Å²) in [5.41, 5.74) is 4.83. The van der Waals surface area contributed by atoms with E-state index >= 15 is 0 Å². The first-order valence-corrected chi connectivity index (χ1v) is 16.7. The molecule has 4 atom stereocenters. The summed E-state index contributed by atoms with van der Waals surface area (Å²) in [5, 5.41) is 56.8. The van der Waals surface area contributed by atoms with Crippen molar-refractivity contribution in [1.29, 1.82) is 0 Å². The standard InChI is InChI=1S/C32H36FNO2.C7H17NO5/c1-5-6-7-8-21-34(28-19-20-30(33)29(22-28)31(35)36)23-26-13-11-24(12-14-26)9-10-25-15-17-27(18-16-25)32(2,3)4;1-8-2-4(10)6(12)7(13)5(11)3-9/h11-20,22H,5-8,21,23H2,1-4H3,(H,35,36);4-13H,2-3H2,1H3/t;4-,5+,6+,7+/m.0/s1. The van der Waals surface area contributed by atoms with Crippen molar-refractivity contribution in [1.82, 2.24) is 5.32 Å². The van der Waals surface area contributed by atoms with Gasteiger partial charge in [-0.05, 0) is 72.5 Å². The third-order valence-electron chi connectivity index (χ3n) is 8.00. The van der Waals surface area contributed by atoms with E-state index in [-0.39, 0.29) is 17.5 Å². The van der Waals surface area contributed by atoms with Gasteiger partial charge < -0.3 is 40.9 Å². The zero-order chi connectivity index (χ0) is 36.6. The topological polar surface area (TPSA) is 154 Å². The van der Waals surface area contributed by atoms with Crippen LogP contribution in [0.2, 0.25) is 0 Å². The number of likely N-dealkylation sites (N-methyl/N-ethyl adjacent to an activating group) is 1. The van der Waals surface area contributed by atoms with Crippen molar-refractivity contribution >= 4 is 11.7 Å². The minimum absolute atomic E-state index is 0.0936. The molecule has 3 aromatic carbocycles. The highest BCUT2D eigenvalue weighted by atomic mass is 19.1. The highest BCUT2D eigenvalue weighted by molar-refractivity contribution is 5.89. The maximum absolute atomic E-state index is 14.0. The third kappa shape index (κ3) is 13.9. The summed E-state index contributed by atoms with van der Waals surface area (Å²) in [7, 11) is 1.57. The predicted octanol–water partition coefficient (Wildman–Crippen LogP) is 4.45. The first-order valence-electron chi connectivity index (χ1n) is 16.7. The number of hydrogen-bond acceptors (Lipinski definition) is 8. The molecule has 0 saturated carbocycles. The van der Waals surface area contributed by atoms with Crippen LogP contribution in [0, 0.1) is 17.7 Å². The number of halogens is 1. The number of carboxylic acids is 1. The normalized spacial score (nSPS) is 13.6. The quantitative estimate of drug-likeness (QED) is 0.0912. The smallest absolute Gasteiger partial charge is 0.338 e. The molecule has 3 aromatic rings. The number of nitrogens with one attached hydrogen (secondary N) is 1. The summed E-state index contributed by atoms with van der Waals surface area (Å²) in [4.78, 5) is 13.6. The largest absolute Gasteiger partial charge is 0.478 e. The third-order valence-corrected chi connectivity index (χ3v) is 8.00. The summed E-state index contributed by atoms with van der Waals surface area (Å²) in [6.45, 7) is 9.58. The minimum atomic E-state index is -1.55. The van der Waals surface area contributed by atoms with E-state index in [2.05, 4.69) is 74.0 Å². The van der Waals surface area contributed by atoms with Crippen molar-refractivity contribution in [2.45, 2.75) is 89.8 Å². The number of nitrogens with zero attached hydrogens (tertiary/aromatic N) is 1. The number of benzene rings is 3. The zero-order valence-electron chi connectivity index (χ0n) is 29.2. The van der Waals surface area contributed by atoms with Crippen LogP contribution in [-0.4, -0.2) is 87.8 Å². The van der Waals surface area contributed by atoms with E-state index in [1.165, 1.54) is 17.7 Å². The lowest BCUT2D eigenvalue weighted by molar-refractivity contribution is -0.113. The fourth-order valence-electron chi connectivity index (χ4n) is 4.91. The van der Waals surface area contributed by atoms with Crippen molar-refractivity contribution in [3.63, 3.8) is 0 Å². The molecule has 0 heterocycles. The second-order valence-corrected chi connectivity index (χ2v) is 13.1. The second kappa shape index (κ2) is 20.6. The molecule has 49 heavy (non-hydrogen) atoms. The van der Waals surface area contributed by atoms with Crippen LogP contribution >= 0.6 is 0 Å². The molecule has 0 aromatic heterocycles. The molecular formula is C39H53FN2O7. The van der Waals surface area contributed by atoms with E-state index in [0.29, 0.717) is 12.2 Å². The Bertz CT molecular complexity index is 1480. The van der Waals surface area contributed by atoms with Gasteiger partial charge in [-0.25, -0.2) is 9.18 Å². The van der Waals surface area contributed by atoms with Gasteiger partial charge in [0.2, 0.25) is 0 Å². The van der Waals surface area contributed by atoms with Crippen molar-refractivity contribution in [3.8, 4) is 11.8 Å². The van der Waals surface area contributed by atoms with Crippen LogP contribution < -0.4 is 10.2 Å². The van der Waals surface area contributed by atoms with Gasteiger partial charge in [-0.2, -0.15) is 0 Å². The van der Waals surface area contributed by atoms with E-state index in [1.54, 1.807) is 13.1 Å². The Kier molecular flexibility index (Phi) is 17.4. The number of carbonyl (C=O) groups is 1. The van der Waals surface area contributed by atoms with E-state index < -0.39 is 42.8 Å². The van der Waals surface area contributed by atoms with Crippen molar-refractivity contribution in [3.05, 3.63) is 100 Å². The van der Waals surface area contributed by atoms with Gasteiger partial charge in [0.05, 0.1) is 18.3 Å². The number of hydrogen-bond donors (Lipinski definition) is 7. The van der Waals surface area contributed by atoms with Crippen LogP contribution in [0.15, 0.2) is 66.7 Å². The summed E-state index contributed by atoms with van der Waals surface area (Å²) < 4.78 is 14.0. The summed E-state index contributed by atoms with van der Waals surface area (Å²) in [6.07, 6.45) is -1.26. The van der Waals surface area contributed by atoms with Crippen LogP contribution in [-0.2, 0) is 12.0 Å². The molecule has 9 nitrogen and oxygen atoms in total. The van der Waals surface area contributed by atoms with Gasteiger partial charge in [-0.3, -0.25) is 0 Å². The average molecular weight is 681 g/mol. The maximum Gasteiger partial charge on any atom is 0.338 e. The SMILES string of the molecule is CCCCCCN(Cc1ccc(C#Cc2ccc(C(C)(C)C)cc2)cc1)c1ccc(F)c(C(=O)O)c1.CNC[C@H](O)[C@@H](O)[C@H](O)[C@H](O)CO. The Labute approximate surface area is 290 Å². The van der Waals surface area contributed by atoms with E-state index in [1.807, 2.05) is 24.3 Å². The molecule has 3 rings (SSSR count). The van der Waals surface area contributed by atoms with Crippen molar-refractivity contribution in [2.24, 2.45) is 0 Å². The Morgan fingerprint density at radius 3 is 1.94 bits per heavy atom. The number of anilines is 1. The lowest BCUT2D eigenvalue weighted by Crippen LogP contribution is -2.48. The molecule has 0 aliphatic rings. The molecule has 0 aliphatic heterocycles. The molecule has 0 fully saturated rings. The minimum Gasteiger partial charge on any atom is -0.478 e. The molecule has 0 aliphatic carbocycles. The van der Waals surface area contributed by atoms with Gasteiger partial charge in [0, 0.05) is 36.4 Å². The van der Waals surface area contributed by atoms with E-state index in [9.17, 15) is 19.4 Å². The predicted molar refractivity (Wildman–Crippen MR) is 191 cm³/mol. The number of aromatic carboxylic acids is 1. The maximum atomic E-state index is 14.0. The Morgan fingerprint density at radius 1 is 0.857 bits per heavy atom. The van der Waals surface area contributed by atoms with Crippen LogP contribution in [0.1, 0.15) is 86.0 Å². The molecular weight excluding hydrogens is 627 g/mol. The number of carboxylic acid groups (broad SMARTS) is 1. The molecule has 0 bridgehead atoms.